The quantitative estimate of drug-likeness (QED) is 0.110. The summed E-state index contributed by atoms with van der Waals surface area (Å²) in [6.07, 6.45) is 4.96. The second-order valence-electron chi connectivity index (χ2n) is 13.9. The molecule has 0 radical (unpaired) electrons. The van der Waals surface area contributed by atoms with Crippen molar-refractivity contribution in [1.82, 2.24) is 20.9 Å². The zero-order valence-corrected chi connectivity index (χ0v) is 29.8. The summed E-state index contributed by atoms with van der Waals surface area (Å²) in [5, 5.41) is 20.6. The maximum atomic E-state index is 13.7. The number of nitrogens with zero attached hydrogens (tertiary/aromatic N) is 1. The van der Waals surface area contributed by atoms with Crippen molar-refractivity contribution in [2.45, 2.75) is 98.3 Å². The SMILES string of the molecule is COCCCOc1cc(C[C@@H](C[C@H](NC(=O)[C@@H](NC(=O)CN)C(C)C)[C@@H](O)C[C@H](C(=O)NCC2CC2)C(C)C)C(C)C)cnc1OC. The Morgan fingerprint density at radius 2 is 1.68 bits per heavy atom. The van der Waals surface area contributed by atoms with Crippen LogP contribution in [0.1, 0.15) is 79.2 Å². The lowest BCUT2D eigenvalue weighted by atomic mass is 9.80. The zero-order valence-electron chi connectivity index (χ0n) is 29.8. The largest absolute Gasteiger partial charge is 0.488 e. The van der Waals surface area contributed by atoms with E-state index < -0.39 is 35.9 Å². The number of ether oxygens (including phenoxy) is 3. The van der Waals surface area contributed by atoms with Crippen LogP contribution in [0.3, 0.4) is 0 Å². The Morgan fingerprint density at radius 3 is 2.23 bits per heavy atom. The van der Waals surface area contributed by atoms with E-state index in [0.29, 0.717) is 50.1 Å². The average molecular weight is 664 g/mol. The van der Waals surface area contributed by atoms with Crippen LogP contribution in [0.2, 0.25) is 0 Å². The van der Waals surface area contributed by atoms with Gasteiger partial charge in [-0.15, -0.1) is 0 Å². The van der Waals surface area contributed by atoms with Crippen LogP contribution in [0, 0.1) is 35.5 Å². The summed E-state index contributed by atoms with van der Waals surface area (Å²) in [5.74, 6) is 0.106. The molecule has 0 aromatic carbocycles. The Balaban J connectivity index is 2.34. The number of amides is 3. The van der Waals surface area contributed by atoms with Crippen LogP contribution in [0.4, 0.5) is 0 Å². The highest BCUT2D eigenvalue weighted by atomic mass is 16.5. The fourth-order valence-electron chi connectivity index (χ4n) is 5.60. The molecule has 1 heterocycles. The molecule has 0 aliphatic heterocycles. The molecule has 1 fully saturated rings. The van der Waals surface area contributed by atoms with Crippen LogP contribution < -0.4 is 31.2 Å². The Bertz CT molecular complexity index is 1110. The van der Waals surface area contributed by atoms with Gasteiger partial charge in [0.05, 0.1) is 32.4 Å². The standard InChI is InChI=1S/C35H61N5O7/c1-21(2)26(14-25-15-30(35(46-8)38-20-25)47-13-9-12-45-7)16-28(39-34(44)32(23(5)6)40-31(42)18-36)29(41)17-27(22(3)4)33(43)37-19-24-10-11-24/h15,20-24,26-29,32,41H,9-14,16-19,36H2,1-8H3,(H,37,43)(H,39,44)(H,40,42)/t26-,27-,28-,29-,32-/m0/s1. The number of aromatic nitrogens is 1. The summed E-state index contributed by atoms with van der Waals surface area (Å²) in [4.78, 5) is 43.5. The van der Waals surface area contributed by atoms with E-state index in [0.717, 1.165) is 24.8 Å². The van der Waals surface area contributed by atoms with Gasteiger partial charge >= 0.3 is 0 Å². The van der Waals surface area contributed by atoms with Crippen molar-refractivity contribution in [2.24, 2.45) is 41.2 Å². The monoisotopic (exact) mass is 663 g/mol. The fourth-order valence-corrected chi connectivity index (χ4v) is 5.60. The second-order valence-corrected chi connectivity index (χ2v) is 13.9. The van der Waals surface area contributed by atoms with Gasteiger partial charge < -0.3 is 41.0 Å². The maximum Gasteiger partial charge on any atom is 0.256 e. The first-order chi connectivity index (χ1) is 22.3. The zero-order chi connectivity index (χ0) is 35.1. The van der Waals surface area contributed by atoms with Gasteiger partial charge in [-0.05, 0) is 73.3 Å². The molecule has 47 heavy (non-hydrogen) atoms. The van der Waals surface area contributed by atoms with Crippen LogP contribution in [0.25, 0.3) is 0 Å². The number of hydrogen-bond donors (Lipinski definition) is 5. The lowest BCUT2D eigenvalue weighted by molar-refractivity contribution is -0.131. The van der Waals surface area contributed by atoms with E-state index in [1.54, 1.807) is 20.4 Å². The average Bonchev–Trinajstić information content (AvgIpc) is 3.86. The molecule has 0 saturated heterocycles. The molecule has 0 spiro atoms. The van der Waals surface area contributed by atoms with Gasteiger partial charge in [-0.3, -0.25) is 14.4 Å². The van der Waals surface area contributed by atoms with E-state index >= 15 is 0 Å². The first-order valence-corrected chi connectivity index (χ1v) is 17.2. The van der Waals surface area contributed by atoms with Gasteiger partial charge in [0.15, 0.2) is 5.75 Å². The summed E-state index contributed by atoms with van der Waals surface area (Å²) >= 11 is 0. The molecule has 0 bridgehead atoms. The minimum atomic E-state index is -1.01. The summed E-state index contributed by atoms with van der Waals surface area (Å²) in [6.45, 7) is 13.3. The summed E-state index contributed by atoms with van der Waals surface area (Å²) in [7, 11) is 3.19. The van der Waals surface area contributed by atoms with Crippen molar-refractivity contribution in [3.63, 3.8) is 0 Å². The molecule has 12 nitrogen and oxygen atoms in total. The molecule has 1 aliphatic rings. The highest BCUT2D eigenvalue weighted by Gasteiger charge is 2.35. The third-order valence-electron chi connectivity index (χ3n) is 8.96. The molecule has 0 unspecified atom stereocenters. The normalized spacial score (nSPS) is 16.4. The minimum absolute atomic E-state index is 0.0129. The van der Waals surface area contributed by atoms with Crippen molar-refractivity contribution >= 4 is 17.7 Å². The third-order valence-corrected chi connectivity index (χ3v) is 8.96. The molecule has 1 aromatic heterocycles. The highest BCUT2D eigenvalue weighted by molar-refractivity contribution is 5.88. The Kier molecular flexibility index (Phi) is 17.5. The minimum Gasteiger partial charge on any atom is -0.488 e. The first kappa shape index (κ1) is 40.2. The van der Waals surface area contributed by atoms with Gasteiger partial charge in [-0.25, -0.2) is 4.98 Å². The molecular weight excluding hydrogens is 602 g/mol. The molecule has 1 aliphatic carbocycles. The molecule has 12 heteroatoms. The number of methoxy groups -OCH3 is 2. The summed E-state index contributed by atoms with van der Waals surface area (Å²) in [6, 6.07) is 0.415. The number of carbonyl (C=O) groups is 3. The Labute approximate surface area is 281 Å². The number of rotatable bonds is 23. The topological polar surface area (TPSA) is 174 Å². The van der Waals surface area contributed by atoms with Gasteiger partial charge in [-0.2, -0.15) is 0 Å². The summed E-state index contributed by atoms with van der Waals surface area (Å²) in [5.41, 5.74) is 6.45. The third kappa shape index (κ3) is 14.0. The van der Waals surface area contributed by atoms with Gasteiger partial charge in [0, 0.05) is 38.8 Å². The van der Waals surface area contributed by atoms with E-state index in [-0.39, 0.29) is 42.5 Å². The number of nitrogens with two attached hydrogens (primary N) is 1. The highest BCUT2D eigenvalue weighted by Crippen LogP contribution is 2.31. The van der Waals surface area contributed by atoms with Crippen molar-refractivity contribution in [1.29, 1.82) is 0 Å². The van der Waals surface area contributed by atoms with E-state index in [4.69, 9.17) is 19.9 Å². The van der Waals surface area contributed by atoms with E-state index in [1.165, 1.54) is 0 Å². The van der Waals surface area contributed by atoms with Crippen molar-refractivity contribution in [3.05, 3.63) is 17.8 Å². The van der Waals surface area contributed by atoms with Crippen molar-refractivity contribution in [2.75, 3.05) is 40.5 Å². The number of pyridine rings is 1. The Hall–Kier alpha value is -2.96. The number of aliphatic hydroxyl groups excluding tert-OH is 1. The van der Waals surface area contributed by atoms with E-state index in [1.807, 2.05) is 33.8 Å². The maximum absolute atomic E-state index is 13.7. The molecule has 1 aromatic rings. The molecule has 2 rings (SSSR count). The van der Waals surface area contributed by atoms with Gasteiger partial charge in [-0.1, -0.05) is 41.5 Å². The van der Waals surface area contributed by atoms with Gasteiger partial charge in [0.2, 0.25) is 17.7 Å². The van der Waals surface area contributed by atoms with Crippen LogP contribution in [-0.4, -0.2) is 86.5 Å². The lowest BCUT2D eigenvalue weighted by Gasteiger charge is -2.34. The molecule has 5 atom stereocenters. The fraction of sp³-hybridized carbons (Fsp3) is 0.771. The van der Waals surface area contributed by atoms with Gasteiger partial charge in [0.1, 0.15) is 6.04 Å². The number of carbonyl (C=O) groups excluding carboxylic acids is 3. The van der Waals surface area contributed by atoms with Crippen LogP contribution in [0.5, 0.6) is 11.6 Å². The van der Waals surface area contributed by atoms with Crippen molar-refractivity contribution < 1.29 is 33.7 Å². The Morgan fingerprint density at radius 1 is 0.979 bits per heavy atom. The van der Waals surface area contributed by atoms with Crippen LogP contribution in [-0.2, 0) is 25.5 Å². The summed E-state index contributed by atoms with van der Waals surface area (Å²) < 4.78 is 16.5. The van der Waals surface area contributed by atoms with E-state index in [9.17, 15) is 19.5 Å². The first-order valence-electron chi connectivity index (χ1n) is 17.2. The molecular formula is C35H61N5O7. The van der Waals surface area contributed by atoms with Crippen LogP contribution in [0.15, 0.2) is 12.3 Å². The molecule has 3 amide bonds. The number of nitrogens with one attached hydrogen (secondary N) is 3. The van der Waals surface area contributed by atoms with Gasteiger partial charge in [0.25, 0.3) is 5.88 Å². The lowest BCUT2D eigenvalue weighted by Crippen LogP contribution is -2.56. The smallest absolute Gasteiger partial charge is 0.256 e. The predicted octanol–water partition coefficient (Wildman–Crippen LogP) is 2.84. The molecule has 268 valence electrons. The molecule has 6 N–H and O–H groups in total. The second kappa shape index (κ2) is 20.4. The number of aliphatic hydroxyl groups is 1. The van der Waals surface area contributed by atoms with Crippen molar-refractivity contribution in [3.8, 4) is 11.6 Å². The van der Waals surface area contributed by atoms with Crippen LogP contribution >= 0.6 is 0 Å². The molecule has 1 saturated carbocycles. The predicted molar refractivity (Wildman–Crippen MR) is 182 cm³/mol. The van der Waals surface area contributed by atoms with E-state index in [2.05, 4.69) is 34.8 Å². The number of hydrogen-bond acceptors (Lipinski definition) is 9.